The Kier molecular flexibility index (Phi) is 5.99. The van der Waals surface area contributed by atoms with Crippen LogP contribution < -0.4 is 0 Å². The second kappa shape index (κ2) is 8.06. The van der Waals surface area contributed by atoms with Crippen LogP contribution in [0.2, 0.25) is 0 Å². The summed E-state index contributed by atoms with van der Waals surface area (Å²) in [6, 6.07) is 4.96. The number of hydrogen-bond acceptors (Lipinski definition) is 4. The van der Waals surface area contributed by atoms with E-state index in [4.69, 9.17) is 4.74 Å². The van der Waals surface area contributed by atoms with E-state index in [1.165, 1.54) is 0 Å². The number of ether oxygens (including phenoxy) is 1. The fraction of sp³-hybridized carbons (Fsp3) is 0.632. The van der Waals surface area contributed by atoms with Crippen molar-refractivity contribution in [3.05, 3.63) is 29.3 Å². The maximum atomic E-state index is 13.1. The molecule has 144 valence electrons. The van der Waals surface area contributed by atoms with Gasteiger partial charge in [-0.05, 0) is 43.9 Å². The molecule has 0 radical (unpaired) electrons. The molecule has 0 aliphatic carbocycles. The Balaban J connectivity index is 1.91. The summed E-state index contributed by atoms with van der Waals surface area (Å²) in [5.74, 6) is -0.103. The highest BCUT2D eigenvalue weighted by Gasteiger charge is 2.30. The third-order valence-electron chi connectivity index (χ3n) is 5.35. The van der Waals surface area contributed by atoms with Crippen LogP contribution in [0.5, 0.6) is 0 Å². The molecule has 26 heavy (non-hydrogen) atoms. The van der Waals surface area contributed by atoms with Crippen LogP contribution in [0.4, 0.5) is 0 Å². The van der Waals surface area contributed by atoms with E-state index in [1.54, 1.807) is 22.5 Å². The largest absolute Gasteiger partial charge is 0.377 e. The maximum absolute atomic E-state index is 13.1. The molecule has 0 saturated carbocycles. The molecule has 0 unspecified atom stereocenters. The molecule has 1 amide bonds. The lowest BCUT2D eigenvalue weighted by atomic mass is 10.1. The highest BCUT2D eigenvalue weighted by molar-refractivity contribution is 7.89. The zero-order valence-electron chi connectivity index (χ0n) is 15.6. The highest BCUT2D eigenvalue weighted by atomic mass is 32.2. The van der Waals surface area contributed by atoms with E-state index in [0.29, 0.717) is 38.4 Å². The Morgan fingerprint density at radius 1 is 1.19 bits per heavy atom. The van der Waals surface area contributed by atoms with Gasteiger partial charge in [-0.1, -0.05) is 19.4 Å². The first-order valence-electron chi connectivity index (χ1n) is 9.44. The molecule has 0 N–H and O–H groups in total. The Bertz CT molecular complexity index is 757. The van der Waals surface area contributed by atoms with Crippen LogP contribution in [0.25, 0.3) is 0 Å². The summed E-state index contributed by atoms with van der Waals surface area (Å²) >= 11 is 0. The molecule has 1 aromatic carbocycles. The summed E-state index contributed by atoms with van der Waals surface area (Å²) in [5.41, 5.74) is 1.28. The van der Waals surface area contributed by atoms with Crippen molar-refractivity contribution in [3.63, 3.8) is 0 Å². The minimum absolute atomic E-state index is 0.0398. The summed E-state index contributed by atoms with van der Waals surface area (Å²) < 4.78 is 32.9. The van der Waals surface area contributed by atoms with Gasteiger partial charge >= 0.3 is 0 Å². The number of carbonyl (C=O) groups is 1. The summed E-state index contributed by atoms with van der Waals surface area (Å²) in [5, 5.41) is 0. The Hall–Kier alpha value is -1.44. The van der Waals surface area contributed by atoms with Crippen LogP contribution in [0.1, 0.15) is 48.5 Å². The molecule has 1 atom stereocenters. The number of nitrogens with zero attached hydrogens (tertiary/aromatic N) is 2. The van der Waals surface area contributed by atoms with Gasteiger partial charge in [0.1, 0.15) is 0 Å². The highest BCUT2D eigenvalue weighted by Crippen LogP contribution is 2.24. The summed E-state index contributed by atoms with van der Waals surface area (Å²) in [6.45, 7) is 6.59. The standard InChI is InChI=1S/C19H28N2O4S/c1-3-16-14-25-12-11-21(16)19(22)18-13-17(8-7-15(18)2)26(23,24)20-9-5-4-6-10-20/h7-8,13,16H,3-6,9-12,14H2,1-2H3/t16-/m1/s1. The number of sulfonamides is 1. The molecule has 2 fully saturated rings. The van der Waals surface area contributed by atoms with Crippen molar-refractivity contribution in [2.45, 2.75) is 50.5 Å². The molecule has 2 aliphatic heterocycles. The van der Waals surface area contributed by atoms with Crippen molar-refractivity contribution >= 4 is 15.9 Å². The van der Waals surface area contributed by atoms with E-state index < -0.39 is 10.0 Å². The molecule has 2 saturated heterocycles. The molecule has 2 aliphatic rings. The summed E-state index contributed by atoms with van der Waals surface area (Å²) in [4.78, 5) is 15.1. The van der Waals surface area contributed by atoms with E-state index in [-0.39, 0.29) is 16.8 Å². The lowest BCUT2D eigenvalue weighted by molar-refractivity contribution is -0.00285. The van der Waals surface area contributed by atoms with Gasteiger partial charge in [0.25, 0.3) is 5.91 Å². The third-order valence-corrected chi connectivity index (χ3v) is 7.25. The lowest BCUT2D eigenvalue weighted by Gasteiger charge is -2.35. The second-order valence-corrected chi connectivity index (χ2v) is 9.01. The van der Waals surface area contributed by atoms with Crippen molar-refractivity contribution < 1.29 is 17.9 Å². The number of piperidine rings is 1. The predicted octanol–water partition coefficient (Wildman–Crippen LogP) is 2.42. The smallest absolute Gasteiger partial charge is 0.254 e. The second-order valence-electron chi connectivity index (χ2n) is 7.08. The molecule has 3 rings (SSSR count). The molecule has 7 heteroatoms. The van der Waals surface area contributed by atoms with Crippen molar-refractivity contribution in [2.75, 3.05) is 32.8 Å². The Morgan fingerprint density at radius 2 is 1.92 bits per heavy atom. The number of hydrogen-bond donors (Lipinski definition) is 0. The van der Waals surface area contributed by atoms with Crippen molar-refractivity contribution in [2.24, 2.45) is 0 Å². The molecule has 0 aromatic heterocycles. The van der Waals surface area contributed by atoms with Crippen LogP contribution in [-0.2, 0) is 14.8 Å². The first-order chi connectivity index (χ1) is 12.4. The molecule has 2 heterocycles. The average Bonchev–Trinajstić information content (AvgIpc) is 2.68. The van der Waals surface area contributed by atoms with Crippen molar-refractivity contribution in [3.8, 4) is 0 Å². The normalized spacial score (nSPS) is 22.4. The zero-order chi connectivity index (χ0) is 18.7. The third kappa shape index (κ3) is 3.80. The van der Waals surface area contributed by atoms with Gasteiger partial charge in [-0.2, -0.15) is 4.31 Å². The van der Waals surface area contributed by atoms with E-state index in [2.05, 4.69) is 0 Å². The summed E-state index contributed by atoms with van der Waals surface area (Å²) in [7, 11) is -3.55. The Morgan fingerprint density at radius 3 is 2.62 bits per heavy atom. The molecule has 6 nitrogen and oxygen atoms in total. The quantitative estimate of drug-likeness (QED) is 0.805. The number of amides is 1. The van der Waals surface area contributed by atoms with E-state index in [9.17, 15) is 13.2 Å². The van der Waals surface area contributed by atoms with Gasteiger partial charge in [0, 0.05) is 25.2 Å². The first kappa shape index (κ1) is 19.3. The minimum Gasteiger partial charge on any atom is -0.377 e. The maximum Gasteiger partial charge on any atom is 0.254 e. The van der Waals surface area contributed by atoms with Gasteiger partial charge in [-0.3, -0.25) is 4.79 Å². The van der Waals surface area contributed by atoms with Crippen molar-refractivity contribution in [1.82, 2.24) is 9.21 Å². The molecule has 0 spiro atoms. The fourth-order valence-electron chi connectivity index (χ4n) is 3.66. The summed E-state index contributed by atoms with van der Waals surface area (Å²) in [6.07, 6.45) is 3.67. The number of benzene rings is 1. The van der Waals surface area contributed by atoms with E-state index in [0.717, 1.165) is 31.2 Å². The number of carbonyl (C=O) groups excluding carboxylic acids is 1. The van der Waals surface area contributed by atoms with Crippen molar-refractivity contribution in [1.29, 1.82) is 0 Å². The fourth-order valence-corrected chi connectivity index (χ4v) is 5.21. The minimum atomic E-state index is -3.55. The van der Waals surface area contributed by atoms with Gasteiger partial charge in [0.05, 0.1) is 24.2 Å². The van der Waals surface area contributed by atoms with Crippen LogP contribution in [-0.4, -0.2) is 62.4 Å². The van der Waals surface area contributed by atoms with Crippen LogP contribution in [0, 0.1) is 6.92 Å². The topological polar surface area (TPSA) is 66.9 Å². The predicted molar refractivity (Wildman–Crippen MR) is 99.7 cm³/mol. The van der Waals surface area contributed by atoms with Crippen LogP contribution >= 0.6 is 0 Å². The van der Waals surface area contributed by atoms with Gasteiger partial charge in [0.15, 0.2) is 0 Å². The average molecular weight is 381 g/mol. The molecular weight excluding hydrogens is 352 g/mol. The van der Waals surface area contributed by atoms with E-state index >= 15 is 0 Å². The van der Waals surface area contributed by atoms with Gasteiger partial charge in [-0.25, -0.2) is 8.42 Å². The van der Waals surface area contributed by atoms with Crippen LogP contribution in [0.15, 0.2) is 23.1 Å². The van der Waals surface area contributed by atoms with E-state index in [1.807, 2.05) is 18.7 Å². The first-order valence-corrected chi connectivity index (χ1v) is 10.9. The van der Waals surface area contributed by atoms with Gasteiger partial charge in [0.2, 0.25) is 10.0 Å². The number of rotatable bonds is 4. The lowest BCUT2D eigenvalue weighted by Crippen LogP contribution is -2.48. The van der Waals surface area contributed by atoms with Gasteiger partial charge < -0.3 is 9.64 Å². The zero-order valence-corrected chi connectivity index (χ0v) is 16.4. The van der Waals surface area contributed by atoms with Gasteiger partial charge in [-0.15, -0.1) is 0 Å². The molecule has 1 aromatic rings. The monoisotopic (exact) mass is 380 g/mol. The van der Waals surface area contributed by atoms with Crippen LogP contribution in [0.3, 0.4) is 0 Å². The molecule has 0 bridgehead atoms. The number of aryl methyl sites for hydroxylation is 1. The Labute approximate surface area is 156 Å². The SMILES string of the molecule is CC[C@@H]1COCCN1C(=O)c1cc(S(=O)(=O)N2CCCCC2)ccc1C. The number of morpholine rings is 1. The molecular formula is C19H28N2O4S.